The van der Waals surface area contributed by atoms with Gasteiger partial charge in [-0.15, -0.1) is 10.2 Å². The van der Waals surface area contributed by atoms with E-state index in [1.807, 2.05) is 29.7 Å². The lowest BCUT2D eigenvalue weighted by molar-refractivity contribution is -0.118. The average molecular weight is 318 g/mol. The minimum absolute atomic E-state index is 0.0238. The van der Waals surface area contributed by atoms with Crippen LogP contribution in [-0.4, -0.2) is 33.0 Å². The topological polar surface area (TPSA) is 59.8 Å². The summed E-state index contributed by atoms with van der Waals surface area (Å²) in [5, 5.41) is 12.0. The van der Waals surface area contributed by atoms with Gasteiger partial charge in [-0.2, -0.15) is 0 Å². The van der Waals surface area contributed by atoms with Crippen LogP contribution in [0.4, 0.5) is 0 Å². The van der Waals surface area contributed by atoms with Crippen LogP contribution < -0.4 is 5.32 Å². The molecule has 1 amide bonds. The lowest BCUT2D eigenvalue weighted by Crippen LogP contribution is -2.28. The molecule has 0 aliphatic carbocycles. The van der Waals surface area contributed by atoms with Gasteiger partial charge in [0.25, 0.3) is 0 Å². The third-order valence-electron chi connectivity index (χ3n) is 3.19. The van der Waals surface area contributed by atoms with Crippen molar-refractivity contribution in [3.05, 3.63) is 35.7 Å². The Labute approximate surface area is 135 Å². The van der Waals surface area contributed by atoms with E-state index in [1.165, 1.54) is 11.8 Å². The Kier molecular flexibility index (Phi) is 5.60. The highest BCUT2D eigenvalue weighted by Gasteiger charge is 2.14. The Morgan fingerprint density at radius 2 is 2.00 bits per heavy atom. The molecule has 2 aromatic rings. The van der Waals surface area contributed by atoms with Gasteiger partial charge in [0.1, 0.15) is 5.82 Å². The van der Waals surface area contributed by atoms with Crippen molar-refractivity contribution in [2.24, 2.45) is 5.92 Å². The second-order valence-electron chi connectivity index (χ2n) is 5.64. The molecule has 0 unspecified atom stereocenters. The maximum atomic E-state index is 11.9. The molecule has 0 saturated heterocycles. The van der Waals surface area contributed by atoms with Crippen molar-refractivity contribution < 1.29 is 4.79 Å². The van der Waals surface area contributed by atoms with E-state index >= 15 is 0 Å². The number of para-hydroxylation sites is 1. The van der Waals surface area contributed by atoms with Crippen LogP contribution in [0.1, 0.15) is 25.2 Å². The van der Waals surface area contributed by atoms with Gasteiger partial charge in [0.05, 0.1) is 11.4 Å². The van der Waals surface area contributed by atoms with E-state index in [2.05, 4.69) is 42.4 Å². The fraction of sp³-hybridized carbons (Fsp3) is 0.438. The van der Waals surface area contributed by atoms with Crippen LogP contribution >= 0.6 is 11.8 Å². The smallest absolute Gasteiger partial charge is 0.230 e. The van der Waals surface area contributed by atoms with Crippen molar-refractivity contribution in [2.75, 3.05) is 12.3 Å². The lowest BCUT2D eigenvalue weighted by Gasteiger charge is -2.11. The monoisotopic (exact) mass is 318 g/mol. The first kappa shape index (κ1) is 16.5. The zero-order valence-electron chi connectivity index (χ0n) is 13.5. The van der Waals surface area contributed by atoms with Crippen LogP contribution in [0.3, 0.4) is 0 Å². The molecule has 0 atom stereocenters. The number of carbonyl (C=O) groups is 1. The summed E-state index contributed by atoms with van der Waals surface area (Å²) in [7, 11) is 0. The molecule has 118 valence electrons. The van der Waals surface area contributed by atoms with Crippen LogP contribution in [0, 0.1) is 19.8 Å². The largest absolute Gasteiger partial charge is 0.355 e. The van der Waals surface area contributed by atoms with Gasteiger partial charge in [-0.25, -0.2) is 0 Å². The van der Waals surface area contributed by atoms with Gasteiger partial charge in [0.2, 0.25) is 5.91 Å². The molecule has 1 aromatic carbocycles. The standard InChI is InChI=1S/C16H22N4OS/c1-11(2)9-17-15(21)10-22-16-19-18-13(4)20(16)14-8-6-5-7-12(14)3/h5-8,11H,9-10H2,1-4H3,(H,17,21). The summed E-state index contributed by atoms with van der Waals surface area (Å²) < 4.78 is 2.00. The number of nitrogens with one attached hydrogen (secondary N) is 1. The van der Waals surface area contributed by atoms with Crippen LogP contribution in [0.25, 0.3) is 5.69 Å². The molecule has 0 radical (unpaired) electrons. The number of aromatic nitrogens is 3. The number of carbonyl (C=O) groups excluding carboxylic acids is 1. The van der Waals surface area contributed by atoms with Crippen molar-refractivity contribution in [1.82, 2.24) is 20.1 Å². The first-order chi connectivity index (χ1) is 10.5. The van der Waals surface area contributed by atoms with Gasteiger partial charge in [-0.3, -0.25) is 9.36 Å². The van der Waals surface area contributed by atoms with E-state index in [1.54, 1.807) is 0 Å². The summed E-state index contributed by atoms with van der Waals surface area (Å²) in [6.07, 6.45) is 0. The van der Waals surface area contributed by atoms with Gasteiger partial charge in [0.15, 0.2) is 5.16 Å². The fourth-order valence-corrected chi connectivity index (χ4v) is 2.85. The summed E-state index contributed by atoms with van der Waals surface area (Å²) in [6.45, 7) is 8.82. The first-order valence-corrected chi connectivity index (χ1v) is 8.35. The van der Waals surface area contributed by atoms with Gasteiger partial charge in [0, 0.05) is 6.54 Å². The quantitative estimate of drug-likeness (QED) is 0.832. The predicted octanol–water partition coefficient (Wildman–Crippen LogP) is 2.75. The van der Waals surface area contributed by atoms with Gasteiger partial charge in [-0.05, 0) is 31.4 Å². The highest BCUT2D eigenvalue weighted by atomic mass is 32.2. The number of hydrogen-bond donors (Lipinski definition) is 1. The van der Waals surface area contributed by atoms with E-state index in [9.17, 15) is 4.79 Å². The Morgan fingerprint density at radius 1 is 1.27 bits per heavy atom. The lowest BCUT2D eigenvalue weighted by atomic mass is 10.2. The number of thioether (sulfide) groups is 1. The molecule has 1 N–H and O–H groups in total. The molecule has 0 aliphatic heterocycles. The van der Waals surface area contributed by atoms with Crippen molar-refractivity contribution >= 4 is 17.7 Å². The molecule has 0 saturated carbocycles. The Bertz CT molecular complexity index is 651. The van der Waals surface area contributed by atoms with Crippen molar-refractivity contribution in [1.29, 1.82) is 0 Å². The number of nitrogens with zero attached hydrogens (tertiary/aromatic N) is 3. The first-order valence-electron chi connectivity index (χ1n) is 7.36. The fourth-order valence-electron chi connectivity index (χ4n) is 2.03. The maximum Gasteiger partial charge on any atom is 0.230 e. The van der Waals surface area contributed by atoms with E-state index in [0.717, 1.165) is 22.2 Å². The van der Waals surface area contributed by atoms with Crippen molar-refractivity contribution in [3.63, 3.8) is 0 Å². The molecule has 6 heteroatoms. The van der Waals surface area contributed by atoms with E-state index < -0.39 is 0 Å². The van der Waals surface area contributed by atoms with Gasteiger partial charge >= 0.3 is 0 Å². The summed E-state index contributed by atoms with van der Waals surface area (Å²) in [5.74, 6) is 1.64. The van der Waals surface area contributed by atoms with Gasteiger partial charge in [-0.1, -0.05) is 43.8 Å². The van der Waals surface area contributed by atoms with Gasteiger partial charge < -0.3 is 5.32 Å². The highest BCUT2D eigenvalue weighted by molar-refractivity contribution is 7.99. The normalized spacial score (nSPS) is 11.0. The second-order valence-corrected chi connectivity index (χ2v) is 6.58. The molecule has 5 nitrogen and oxygen atoms in total. The summed E-state index contributed by atoms with van der Waals surface area (Å²) in [5.41, 5.74) is 2.20. The van der Waals surface area contributed by atoms with Crippen LogP contribution in [0.5, 0.6) is 0 Å². The van der Waals surface area contributed by atoms with Crippen molar-refractivity contribution in [2.45, 2.75) is 32.9 Å². The molecule has 0 fully saturated rings. The number of amides is 1. The third kappa shape index (κ3) is 4.10. The SMILES string of the molecule is Cc1ccccc1-n1c(C)nnc1SCC(=O)NCC(C)C. The molecule has 0 spiro atoms. The molecule has 1 heterocycles. The van der Waals surface area contributed by atoms with E-state index in [0.29, 0.717) is 18.2 Å². The van der Waals surface area contributed by atoms with Crippen molar-refractivity contribution in [3.8, 4) is 5.69 Å². The molecule has 2 rings (SSSR count). The third-order valence-corrected chi connectivity index (χ3v) is 4.12. The Morgan fingerprint density at radius 3 is 2.68 bits per heavy atom. The number of rotatable bonds is 6. The zero-order valence-corrected chi connectivity index (χ0v) is 14.3. The molecule has 22 heavy (non-hydrogen) atoms. The molecule has 0 aliphatic rings. The molecular formula is C16H22N4OS. The zero-order chi connectivity index (χ0) is 16.1. The summed E-state index contributed by atoms with van der Waals surface area (Å²) in [6, 6.07) is 8.09. The average Bonchev–Trinajstić information content (AvgIpc) is 2.84. The predicted molar refractivity (Wildman–Crippen MR) is 89.4 cm³/mol. The van der Waals surface area contributed by atoms with E-state index in [4.69, 9.17) is 0 Å². The summed E-state index contributed by atoms with van der Waals surface area (Å²) >= 11 is 1.41. The number of hydrogen-bond acceptors (Lipinski definition) is 4. The minimum atomic E-state index is 0.0238. The second kappa shape index (κ2) is 7.45. The highest BCUT2D eigenvalue weighted by Crippen LogP contribution is 2.23. The Hall–Kier alpha value is -1.82. The minimum Gasteiger partial charge on any atom is -0.355 e. The molecule has 0 bridgehead atoms. The van der Waals surface area contributed by atoms with Crippen LogP contribution in [0.2, 0.25) is 0 Å². The van der Waals surface area contributed by atoms with E-state index in [-0.39, 0.29) is 5.91 Å². The number of benzene rings is 1. The van der Waals surface area contributed by atoms with Crippen LogP contribution in [0.15, 0.2) is 29.4 Å². The molecule has 1 aromatic heterocycles. The summed E-state index contributed by atoms with van der Waals surface area (Å²) in [4.78, 5) is 11.9. The maximum absolute atomic E-state index is 11.9. The number of aryl methyl sites for hydroxylation is 2. The van der Waals surface area contributed by atoms with Crippen LogP contribution in [-0.2, 0) is 4.79 Å². The molecular weight excluding hydrogens is 296 g/mol. The Balaban J connectivity index is 2.11.